The Morgan fingerprint density at radius 2 is 1.67 bits per heavy atom. The maximum absolute atomic E-state index is 12.8. The first kappa shape index (κ1) is 19.8. The second-order valence-corrected chi connectivity index (χ2v) is 7.14. The first-order chi connectivity index (χ1) is 14.6. The van der Waals surface area contributed by atoms with Crippen LogP contribution in [0.2, 0.25) is 5.02 Å². The third kappa shape index (κ3) is 4.55. The standard InChI is InChI=1S/C23H19ClN2O4/c24-18-9-5-4-8-17(18)23(28)26-19(15-6-2-1-3-7-15)13-22(27)25-16-10-11-20-21(12-16)30-14-29-20/h1-12,19H,13-14H2,(H,25,27)(H,26,28). The van der Waals surface area contributed by atoms with E-state index in [1.807, 2.05) is 30.3 Å². The summed E-state index contributed by atoms with van der Waals surface area (Å²) in [6.07, 6.45) is 0.0502. The molecule has 2 amide bonds. The molecular weight excluding hydrogens is 404 g/mol. The molecule has 0 saturated carbocycles. The number of hydrogen-bond donors (Lipinski definition) is 2. The molecule has 0 aromatic heterocycles. The summed E-state index contributed by atoms with van der Waals surface area (Å²) in [6.45, 7) is 0.164. The summed E-state index contributed by atoms with van der Waals surface area (Å²) in [7, 11) is 0. The minimum absolute atomic E-state index is 0.0502. The fourth-order valence-corrected chi connectivity index (χ4v) is 3.41. The molecule has 2 N–H and O–H groups in total. The van der Waals surface area contributed by atoms with Crippen molar-refractivity contribution < 1.29 is 19.1 Å². The Kier molecular flexibility index (Phi) is 5.86. The average Bonchev–Trinajstić information content (AvgIpc) is 3.22. The highest BCUT2D eigenvalue weighted by Gasteiger charge is 2.21. The van der Waals surface area contributed by atoms with Crippen molar-refractivity contribution >= 4 is 29.1 Å². The summed E-state index contributed by atoms with van der Waals surface area (Å²) < 4.78 is 10.6. The van der Waals surface area contributed by atoms with E-state index in [0.29, 0.717) is 27.8 Å². The van der Waals surface area contributed by atoms with E-state index >= 15 is 0 Å². The molecule has 6 nitrogen and oxygen atoms in total. The molecule has 0 fully saturated rings. The Balaban J connectivity index is 1.49. The van der Waals surface area contributed by atoms with Crippen LogP contribution in [0.25, 0.3) is 0 Å². The molecule has 30 heavy (non-hydrogen) atoms. The van der Waals surface area contributed by atoms with E-state index < -0.39 is 6.04 Å². The number of ether oxygens (including phenoxy) is 2. The lowest BCUT2D eigenvalue weighted by molar-refractivity contribution is -0.116. The van der Waals surface area contributed by atoms with Gasteiger partial charge in [0.1, 0.15) is 0 Å². The largest absolute Gasteiger partial charge is 0.454 e. The summed E-state index contributed by atoms with van der Waals surface area (Å²) in [6, 6.07) is 20.8. The van der Waals surface area contributed by atoms with Gasteiger partial charge in [0.05, 0.1) is 23.0 Å². The number of fused-ring (bicyclic) bond motifs is 1. The van der Waals surface area contributed by atoms with E-state index in [1.165, 1.54) is 0 Å². The van der Waals surface area contributed by atoms with Gasteiger partial charge in [-0.15, -0.1) is 0 Å². The predicted octanol–water partition coefficient (Wildman–Crippen LogP) is 4.57. The van der Waals surface area contributed by atoms with Crippen molar-refractivity contribution in [2.45, 2.75) is 12.5 Å². The van der Waals surface area contributed by atoms with E-state index in [2.05, 4.69) is 10.6 Å². The molecule has 0 saturated heterocycles. The number of halogens is 1. The van der Waals surface area contributed by atoms with Gasteiger partial charge in [-0.2, -0.15) is 0 Å². The van der Waals surface area contributed by atoms with Crippen LogP contribution in [0.3, 0.4) is 0 Å². The zero-order chi connectivity index (χ0) is 20.9. The zero-order valence-corrected chi connectivity index (χ0v) is 16.7. The van der Waals surface area contributed by atoms with Gasteiger partial charge < -0.3 is 20.1 Å². The summed E-state index contributed by atoms with van der Waals surface area (Å²) >= 11 is 6.15. The third-order valence-electron chi connectivity index (χ3n) is 4.67. The first-order valence-electron chi connectivity index (χ1n) is 9.40. The van der Waals surface area contributed by atoms with Crippen molar-refractivity contribution in [2.75, 3.05) is 12.1 Å². The van der Waals surface area contributed by atoms with Crippen molar-refractivity contribution in [3.05, 3.63) is 88.9 Å². The lowest BCUT2D eigenvalue weighted by atomic mass is 10.0. The molecule has 0 bridgehead atoms. The number of carbonyl (C=O) groups is 2. The molecule has 1 aliphatic heterocycles. The number of carbonyl (C=O) groups excluding carboxylic acids is 2. The molecule has 152 valence electrons. The van der Waals surface area contributed by atoms with Crippen LogP contribution >= 0.6 is 11.6 Å². The van der Waals surface area contributed by atoms with Crippen molar-refractivity contribution in [3.63, 3.8) is 0 Å². The summed E-state index contributed by atoms with van der Waals surface area (Å²) in [5.74, 6) is 0.633. The Morgan fingerprint density at radius 3 is 2.47 bits per heavy atom. The molecule has 0 spiro atoms. The van der Waals surface area contributed by atoms with Crippen LogP contribution in [0, 0.1) is 0 Å². The van der Waals surface area contributed by atoms with Gasteiger partial charge in [-0.1, -0.05) is 54.1 Å². The van der Waals surface area contributed by atoms with Crippen LogP contribution in [-0.2, 0) is 4.79 Å². The topological polar surface area (TPSA) is 76.7 Å². The maximum atomic E-state index is 12.8. The first-order valence-corrected chi connectivity index (χ1v) is 9.78. The Morgan fingerprint density at radius 1 is 0.933 bits per heavy atom. The number of benzene rings is 3. The molecule has 7 heteroatoms. The highest BCUT2D eigenvalue weighted by Crippen LogP contribution is 2.34. The van der Waals surface area contributed by atoms with Crippen LogP contribution in [0.5, 0.6) is 11.5 Å². The normalized spacial score (nSPS) is 12.8. The van der Waals surface area contributed by atoms with Crippen molar-refractivity contribution in [1.29, 1.82) is 0 Å². The van der Waals surface area contributed by atoms with Gasteiger partial charge in [-0.25, -0.2) is 0 Å². The van der Waals surface area contributed by atoms with Gasteiger partial charge in [0.2, 0.25) is 12.7 Å². The summed E-state index contributed by atoms with van der Waals surface area (Å²) in [5.41, 5.74) is 1.77. The maximum Gasteiger partial charge on any atom is 0.253 e. The number of anilines is 1. The van der Waals surface area contributed by atoms with E-state index in [1.54, 1.807) is 42.5 Å². The molecule has 1 heterocycles. The van der Waals surface area contributed by atoms with Crippen LogP contribution in [0.15, 0.2) is 72.8 Å². The van der Waals surface area contributed by atoms with Gasteiger partial charge in [-0.05, 0) is 29.8 Å². The van der Waals surface area contributed by atoms with Gasteiger partial charge in [0.25, 0.3) is 5.91 Å². The van der Waals surface area contributed by atoms with Gasteiger partial charge in [0.15, 0.2) is 11.5 Å². The Bertz CT molecular complexity index is 1070. The molecular formula is C23H19ClN2O4. The Labute approximate surface area is 178 Å². The smallest absolute Gasteiger partial charge is 0.253 e. The fourth-order valence-electron chi connectivity index (χ4n) is 3.19. The zero-order valence-electron chi connectivity index (χ0n) is 15.9. The number of rotatable bonds is 6. The Hall–Kier alpha value is -3.51. The summed E-state index contributed by atoms with van der Waals surface area (Å²) in [5, 5.41) is 6.12. The third-order valence-corrected chi connectivity index (χ3v) is 5.00. The van der Waals surface area contributed by atoms with E-state index in [4.69, 9.17) is 21.1 Å². The molecule has 1 aliphatic rings. The highest BCUT2D eigenvalue weighted by atomic mass is 35.5. The summed E-state index contributed by atoms with van der Waals surface area (Å²) in [4.78, 5) is 25.5. The number of nitrogens with one attached hydrogen (secondary N) is 2. The highest BCUT2D eigenvalue weighted by molar-refractivity contribution is 6.33. The SMILES string of the molecule is O=C(CC(NC(=O)c1ccccc1Cl)c1ccccc1)Nc1ccc2c(c1)OCO2. The minimum Gasteiger partial charge on any atom is -0.454 e. The molecule has 0 aliphatic carbocycles. The monoisotopic (exact) mass is 422 g/mol. The van der Waals surface area contributed by atoms with Gasteiger partial charge >= 0.3 is 0 Å². The molecule has 1 unspecified atom stereocenters. The second-order valence-electron chi connectivity index (χ2n) is 6.74. The molecule has 0 radical (unpaired) electrons. The lowest BCUT2D eigenvalue weighted by Gasteiger charge is -2.19. The quantitative estimate of drug-likeness (QED) is 0.610. The fraction of sp³-hybridized carbons (Fsp3) is 0.130. The number of hydrogen-bond acceptors (Lipinski definition) is 4. The van der Waals surface area contributed by atoms with Crippen molar-refractivity contribution in [1.82, 2.24) is 5.32 Å². The second kappa shape index (κ2) is 8.88. The van der Waals surface area contributed by atoms with Gasteiger partial charge in [0, 0.05) is 11.8 Å². The average molecular weight is 423 g/mol. The molecule has 1 atom stereocenters. The van der Waals surface area contributed by atoms with Crippen LogP contribution in [0.4, 0.5) is 5.69 Å². The van der Waals surface area contributed by atoms with Crippen molar-refractivity contribution in [3.8, 4) is 11.5 Å². The van der Waals surface area contributed by atoms with E-state index in [9.17, 15) is 9.59 Å². The predicted molar refractivity (Wildman–Crippen MR) is 114 cm³/mol. The lowest BCUT2D eigenvalue weighted by Crippen LogP contribution is -2.31. The molecule has 4 rings (SSSR count). The van der Waals surface area contributed by atoms with Crippen molar-refractivity contribution in [2.24, 2.45) is 0 Å². The van der Waals surface area contributed by atoms with Gasteiger partial charge in [-0.3, -0.25) is 9.59 Å². The van der Waals surface area contributed by atoms with Crippen LogP contribution in [-0.4, -0.2) is 18.6 Å². The van der Waals surface area contributed by atoms with Crippen LogP contribution in [0.1, 0.15) is 28.4 Å². The minimum atomic E-state index is -0.524. The molecule has 3 aromatic carbocycles. The van der Waals surface area contributed by atoms with Crippen LogP contribution < -0.4 is 20.1 Å². The van der Waals surface area contributed by atoms with E-state index in [0.717, 1.165) is 5.56 Å². The molecule has 3 aromatic rings. The number of amides is 2. The van der Waals surface area contributed by atoms with E-state index in [-0.39, 0.29) is 25.0 Å².